The summed E-state index contributed by atoms with van der Waals surface area (Å²) >= 11 is 0. The Kier molecular flexibility index (Phi) is 4.52. The molecule has 2 aromatic heterocycles. The quantitative estimate of drug-likeness (QED) is 0.875. The summed E-state index contributed by atoms with van der Waals surface area (Å²) in [5, 5.41) is 8.22. The van der Waals surface area contributed by atoms with Gasteiger partial charge in [-0.3, -0.25) is 9.67 Å². The molecule has 5 rings (SSSR count). The fourth-order valence-corrected chi connectivity index (χ4v) is 5.71. The molecule has 0 bridgehead atoms. The maximum atomic E-state index is 6.36. The van der Waals surface area contributed by atoms with Crippen LogP contribution in [0.2, 0.25) is 0 Å². The van der Waals surface area contributed by atoms with Crippen LogP contribution in [0.4, 0.5) is 0 Å². The number of pyridine rings is 1. The van der Waals surface area contributed by atoms with Crippen LogP contribution in [0.5, 0.6) is 0 Å². The normalized spacial score (nSPS) is 29.3. The number of nitrogens with zero attached hydrogens (tertiary/aromatic N) is 3. The monoisotopic (exact) mass is 366 g/mol. The SMILES string of the molecule is c1ccc([C@]2(CCNC3CCn4nccc43)CCOC3(CCCC3)C2)nc1. The molecule has 1 saturated carbocycles. The maximum Gasteiger partial charge on any atom is 0.0691 e. The second-order valence-electron chi connectivity index (χ2n) is 8.69. The highest BCUT2D eigenvalue weighted by molar-refractivity contribution is 5.21. The van der Waals surface area contributed by atoms with Gasteiger partial charge >= 0.3 is 0 Å². The summed E-state index contributed by atoms with van der Waals surface area (Å²) in [4.78, 5) is 4.81. The molecule has 3 aliphatic rings. The van der Waals surface area contributed by atoms with Crippen molar-refractivity contribution in [2.45, 2.75) is 75.0 Å². The molecule has 1 saturated heterocycles. The minimum Gasteiger partial charge on any atom is -0.375 e. The predicted octanol–water partition coefficient (Wildman–Crippen LogP) is 3.76. The van der Waals surface area contributed by atoms with Crippen molar-refractivity contribution < 1.29 is 4.74 Å². The van der Waals surface area contributed by atoms with Gasteiger partial charge in [0.25, 0.3) is 0 Å². The maximum absolute atomic E-state index is 6.36. The molecule has 27 heavy (non-hydrogen) atoms. The number of hydrogen-bond donors (Lipinski definition) is 1. The van der Waals surface area contributed by atoms with Crippen molar-refractivity contribution in [3.05, 3.63) is 48.0 Å². The Balaban J connectivity index is 1.33. The Bertz CT molecular complexity index is 768. The van der Waals surface area contributed by atoms with Gasteiger partial charge in [0, 0.05) is 36.7 Å². The smallest absolute Gasteiger partial charge is 0.0691 e. The van der Waals surface area contributed by atoms with Gasteiger partial charge in [0.1, 0.15) is 0 Å². The van der Waals surface area contributed by atoms with E-state index in [9.17, 15) is 0 Å². The zero-order valence-corrected chi connectivity index (χ0v) is 16.1. The molecule has 2 aliphatic heterocycles. The molecule has 1 aliphatic carbocycles. The van der Waals surface area contributed by atoms with Crippen molar-refractivity contribution in [2.24, 2.45) is 0 Å². The van der Waals surface area contributed by atoms with Crippen LogP contribution in [0.1, 0.15) is 68.8 Å². The topological polar surface area (TPSA) is 52.0 Å². The van der Waals surface area contributed by atoms with Gasteiger partial charge in [-0.05, 0) is 63.3 Å². The molecular formula is C22H30N4O. The number of rotatable bonds is 5. The lowest BCUT2D eigenvalue weighted by atomic mass is 9.68. The zero-order valence-electron chi connectivity index (χ0n) is 16.1. The molecule has 2 aromatic rings. The van der Waals surface area contributed by atoms with Crippen LogP contribution in [-0.2, 0) is 16.7 Å². The Morgan fingerprint density at radius 1 is 1.15 bits per heavy atom. The summed E-state index contributed by atoms with van der Waals surface area (Å²) in [5.41, 5.74) is 2.83. The van der Waals surface area contributed by atoms with Crippen molar-refractivity contribution in [1.29, 1.82) is 0 Å². The van der Waals surface area contributed by atoms with E-state index in [0.29, 0.717) is 6.04 Å². The van der Waals surface area contributed by atoms with Gasteiger partial charge in [-0.25, -0.2) is 0 Å². The molecule has 1 spiro atoms. The molecule has 144 valence electrons. The third-order valence-corrected chi connectivity index (χ3v) is 7.10. The number of ether oxygens (including phenoxy) is 1. The largest absolute Gasteiger partial charge is 0.375 e. The van der Waals surface area contributed by atoms with Crippen LogP contribution < -0.4 is 5.32 Å². The standard InChI is InChI=1S/C22H30N4O/c1-4-12-24-20(5-1)21(11-16-27-22(17-21)8-2-3-9-22)10-14-23-18-7-15-26-19(18)6-13-25-26/h1,4-6,12-13,18,23H,2-3,7-11,14-17H2/t18?,21-/m1/s1. The lowest BCUT2D eigenvalue weighted by Crippen LogP contribution is -2.47. The highest BCUT2D eigenvalue weighted by Crippen LogP contribution is 2.49. The molecular weight excluding hydrogens is 336 g/mol. The first-order chi connectivity index (χ1) is 13.3. The van der Waals surface area contributed by atoms with E-state index in [1.54, 1.807) is 0 Å². The number of hydrogen-bond acceptors (Lipinski definition) is 4. The molecule has 2 atom stereocenters. The lowest BCUT2D eigenvalue weighted by molar-refractivity contribution is -0.104. The van der Waals surface area contributed by atoms with Gasteiger partial charge in [0.05, 0.1) is 17.3 Å². The molecule has 1 N–H and O–H groups in total. The zero-order chi connectivity index (χ0) is 18.2. The molecule has 0 amide bonds. The van der Waals surface area contributed by atoms with Crippen LogP contribution in [0.15, 0.2) is 36.7 Å². The number of aromatic nitrogens is 3. The Morgan fingerprint density at radius 3 is 2.93 bits per heavy atom. The molecule has 0 aromatic carbocycles. The van der Waals surface area contributed by atoms with Gasteiger partial charge in [0.15, 0.2) is 0 Å². The highest BCUT2D eigenvalue weighted by Gasteiger charge is 2.48. The van der Waals surface area contributed by atoms with E-state index in [1.807, 2.05) is 18.5 Å². The Labute approximate surface area is 161 Å². The summed E-state index contributed by atoms with van der Waals surface area (Å²) in [7, 11) is 0. The predicted molar refractivity (Wildman–Crippen MR) is 105 cm³/mol. The summed E-state index contributed by atoms with van der Waals surface area (Å²) in [6.45, 7) is 2.91. The molecule has 0 radical (unpaired) electrons. The van der Waals surface area contributed by atoms with Gasteiger partial charge < -0.3 is 10.1 Å². The van der Waals surface area contributed by atoms with Crippen LogP contribution in [0.3, 0.4) is 0 Å². The first kappa shape index (κ1) is 17.4. The van der Waals surface area contributed by atoms with E-state index in [4.69, 9.17) is 9.72 Å². The van der Waals surface area contributed by atoms with E-state index in [0.717, 1.165) is 45.4 Å². The molecule has 5 heteroatoms. The average Bonchev–Trinajstić information content (AvgIpc) is 3.42. The van der Waals surface area contributed by atoms with Crippen molar-refractivity contribution in [1.82, 2.24) is 20.1 Å². The lowest BCUT2D eigenvalue weighted by Gasteiger charge is -2.46. The second-order valence-corrected chi connectivity index (χ2v) is 8.69. The third-order valence-electron chi connectivity index (χ3n) is 7.10. The Morgan fingerprint density at radius 2 is 2.07 bits per heavy atom. The molecule has 2 fully saturated rings. The first-order valence-corrected chi connectivity index (χ1v) is 10.6. The van der Waals surface area contributed by atoms with E-state index in [2.05, 4.69) is 33.3 Å². The summed E-state index contributed by atoms with van der Waals surface area (Å²) in [6.07, 6.45) is 13.4. The van der Waals surface area contributed by atoms with Crippen molar-refractivity contribution in [2.75, 3.05) is 13.2 Å². The van der Waals surface area contributed by atoms with Crippen LogP contribution in [-0.4, -0.2) is 33.5 Å². The van der Waals surface area contributed by atoms with E-state index >= 15 is 0 Å². The molecule has 4 heterocycles. The van der Waals surface area contributed by atoms with Crippen LogP contribution >= 0.6 is 0 Å². The van der Waals surface area contributed by atoms with Gasteiger partial charge in [-0.15, -0.1) is 0 Å². The average molecular weight is 367 g/mol. The van der Waals surface area contributed by atoms with Crippen molar-refractivity contribution >= 4 is 0 Å². The number of nitrogens with one attached hydrogen (secondary N) is 1. The number of fused-ring (bicyclic) bond motifs is 1. The van der Waals surface area contributed by atoms with E-state index < -0.39 is 0 Å². The molecule has 1 unspecified atom stereocenters. The second kappa shape index (κ2) is 7.02. The Hall–Kier alpha value is -1.72. The van der Waals surface area contributed by atoms with Crippen LogP contribution in [0.25, 0.3) is 0 Å². The summed E-state index contributed by atoms with van der Waals surface area (Å²) in [5.74, 6) is 0. The highest BCUT2D eigenvalue weighted by atomic mass is 16.5. The fraction of sp³-hybridized carbons (Fsp3) is 0.636. The minimum atomic E-state index is 0.0990. The van der Waals surface area contributed by atoms with Gasteiger partial charge in [-0.2, -0.15) is 5.10 Å². The molecule has 5 nitrogen and oxygen atoms in total. The van der Waals surface area contributed by atoms with Crippen molar-refractivity contribution in [3.63, 3.8) is 0 Å². The third kappa shape index (κ3) is 3.21. The van der Waals surface area contributed by atoms with Gasteiger partial charge in [0.2, 0.25) is 0 Å². The minimum absolute atomic E-state index is 0.0990. The van der Waals surface area contributed by atoms with Crippen LogP contribution in [0, 0.1) is 0 Å². The van der Waals surface area contributed by atoms with E-state index in [1.165, 1.54) is 37.1 Å². The van der Waals surface area contributed by atoms with Gasteiger partial charge in [-0.1, -0.05) is 18.9 Å². The first-order valence-electron chi connectivity index (χ1n) is 10.6. The van der Waals surface area contributed by atoms with Crippen molar-refractivity contribution in [3.8, 4) is 0 Å². The fourth-order valence-electron chi connectivity index (χ4n) is 5.71. The number of aryl methyl sites for hydroxylation is 1. The van der Waals surface area contributed by atoms with E-state index in [-0.39, 0.29) is 11.0 Å². The summed E-state index contributed by atoms with van der Waals surface area (Å²) in [6, 6.07) is 9.00. The summed E-state index contributed by atoms with van der Waals surface area (Å²) < 4.78 is 8.49.